The van der Waals surface area contributed by atoms with Crippen molar-refractivity contribution in [3.05, 3.63) is 93.5 Å². The third-order valence-corrected chi connectivity index (χ3v) is 6.26. The summed E-state index contributed by atoms with van der Waals surface area (Å²) in [7, 11) is 0. The van der Waals surface area contributed by atoms with E-state index in [1.54, 1.807) is 16.2 Å². The van der Waals surface area contributed by atoms with E-state index in [9.17, 15) is 4.79 Å². The molecule has 0 saturated heterocycles. The monoisotopic (exact) mass is 450 g/mol. The fraction of sp³-hybridized carbons (Fsp3) is 0.130. The summed E-state index contributed by atoms with van der Waals surface area (Å²) in [5.41, 5.74) is 5.01. The van der Waals surface area contributed by atoms with Crippen molar-refractivity contribution in [3.8, 4) is 0 Å². The van der Waals surface area contributed by atoms with Gasteiger partial charge in [-0.05, 0) is 54.8 Å². The zero-order valence-corrected chi connectivity index (χ0v) is 18.0. The Labute approximate surface area is 176 Å². The Morgan fingerprint density at radius 2 is 1.82 bits per heavy atom. The largest absolute Gasteiger partial charge is 0.279 e. The van der Waals surface area contributed by atoms with Crippen LogP contribution < -0.4 is 4.90 Å². The van der Waals surface area contributed by atoms with Gasteiger partial charge in [0.2, 0.25) is 0 Å². The number of fused-ring (bicyclic) bond motifs is 1. The van der Waals surface area contributed by atoms with Crippen molar-refractivity contribution in [1.29, 1.82) is 0 Å². The molecule has 0 aliphatic heterocycles. The molecule has 0 fully saturated rings. The van der Waals surface area contributed by atoms with Crippen LogP contribution >= 0.6 is 27.3 Å². The molecule has 5 heteroatoms. The fourth-order valence-electron chi connectivity index (χ4n) is 3.25. The Morgan fingerprint density at radius 3 is 2.57 bits per heavy atom. The number of hydrogen-bond acceptors (Lipinski definition) is 3. The van der Waals surface area contributed by atoms with Crippen LogP contribution in [0.1, 0.15) is 27.0 Å². The lowest BCUT2D eigenvalue weighted by Gasteiger charge is -2.20. The number of benzene rings is 3. The first kappa shape index (κ1) is 18.8. The highest BCUT2D eigenvalue weighted by atomic mass is 79.9. The van der Waals surface area contributed by atoms with Gasteiger partial charge in [0.25, 0.3) is 5.91 Å². The molecular weight excluding hydrogens is 432 g/mol. The Bertz CT molecular complexity index is 1150. The minimum Gasteiger partial charge on any atom is -0.279 e. The second-order valence-corrected chi connectivity index (χ2v) is 8.71. The second-order valence-electron chi connectivity index (χ2n) is 6.81. The SMILES string of the molecule is Cc1cc(C)c2sc(N(Cc3ccccc3)C(=O)c3cccc(Br)c3)nc2c1. The first-order valence-corrected chi connectivity index (χ1v) is 10.6. The molecule has 1 aromatic heterocycles. The van der Waals surface area contributed by atoms with Gasteiger partial charge in [-0.2, -0.15) is 0 Å². The van der Waals surface area contributed by atoms with Crippen LogP contribution in [0.3, 0.4) is 0 Å². The molecule has 0 atom stereocenters. The molecule has 3 nitrogen and oxygen atoms in total. The Hall–Kier alpha value is -2.50. The highest BCUT2D eigenvalue weighted by molar-refractivity contribution is 9.10. The van der Waals surface area contributed by atoms with Gasteiger partial charge in [-0.15, -0.1) is 0 Å². The number of carbonyl (C=O) groups is 1. The normalized spacial score (nSPS) is 11.0. The lowest BCUT2D eigenvalue weighted by molar-refractivity contribution is 0.0985. The first-order valence-electron chi connectivity index (χ1n) is 9.00. The van der Waals surface area contributed by atoms with Crippen LogP contribution in [0.5, 0.6) is 0 Å². The van der Waals surface area contributed by atoms with Gasteiger partial charge in [-0.25, -0.2) is 4.98 Å². The molecule has 3 aromatic carbocycles. The topological polar surface area (TPSA) is 33.2 Å². The number of aryl methyl sites for hydroxylation is 2. The predicted octanol–water partition coefficient (Wildman–Crippen LogP) is 6.52. The van der Waals surface area contributed by atoms with Crippen molar-refractivity contribution in [3.63, 3.8) is 0 Å². The van der Waals surface area contributed by atoms with Gasteiger partial charge in [-0.3, -0.25) is 9.69 Å². The molecule has 0 saturated carbocycles. The summed E-state index contributed by atoms with van der Waals surface area (Å²) < 4.78 is 2.01. The summed E-state index contributed by atoms with van der Waals surface area (Å²) in [5.74, 6) is -0.0569. The average molecular weight is 451 g/mol. The Kier molecular flexibility index (Phi) is 5.29. The number of carbonyl (C=O) groups excluding carboxylic acids is 1. The fourth-order valence-corrected chi connectivity index (χ4v) is 4.66. The molecule has 1 amide bonds. The van der Waals surface area contributed by atoms with Crippen LogP contribution in [-0.2, 0) is 6.54 Å². The van der Waals surface area contributed by atoms with E-state index in [0.29, 0.717) is 12.1 Å². The minimum atomic E-state index is -0.0569. The lowest BCUT2D eigenvalue weighted by Crippen LogP contribution is -2.30. The molecule has 4 aromatic rings. The summed E-state index contributed by atoms with van der Waals surface area (Å²) in [5, 5.41) is 0.720. The average Bonchev–Trinajstić information content (AvgIpc) is 3.10. The molecule has 28 heavy (non-hydrogen) atoms. The van der Waals surface area contributed by atoms with Gasteiger partial charge in [0.05, 0.1) is 16.8 Å². The molecule has 0 spiro atoms. The number of hydrogen-bond donors (Lipinski definition) is 0. The van der Waals surface area contributed by atoms with Gasteiger partial charge in [0.15, 0.2) is 5.13 Å². The van der Waals surface area contributed by atoms with Crippen LogP contribution in [0.2, 0.25) is 0 Å². The summed E-state index contributed by atoms with van der Waals surface area (Å²) in [6.45, 7) is 4.64. The summed E-state index contributed by atoms with van der Waals surface area (Å²) >= 11 is 5.03. The van der Waals surface area contributed by atoms with E-state index in [1.807, 2.05) is 54.6 Å². The van der Waals surface area contributed by atoms with E-state index in [-0.39, 0.29) is 5.91 Å². The summed E-state index contributed by atoms with van der Waals surface area (Å²) in [6.07, 6.45) is 0. The number of aromatic nitrogens is 1. The van der Waals surface area contributed by atoms with E-state index in [1.165, 1.54) is 11.1 Å². The molecule has 0 aliphatic carbocycles. The molecule has 4 rings (SSSR count). The van der Waals surface area contributed by atoms with Crippen molar-refractivity contribution in [2.75, 3.05) is 4.90 Å². The highest BCUT2D eigenvalue weighted by Gasteiger charge is 2.22. The van der Waals surface area contributed by atoms with Gasteiger partial charge >= 0.3 is 0 Å². The number of halogens is 1. The van der Waals surface area contributed by atoms with E-state index >= 15 is 0 Å². The zero-order chi connectivity index (χ0) is 19.7. The minimum absolute atomic E-state index is 0.0569. The van der Waals surface area contributed by atoms with Crippen LogP contribution in [-0.4, -0.2) is 10.9 Å². The number of amides is 1. The third kappa shape index (κ3) is 3.86. The third-order valence-electron chi connectivity index (χ3n) is 4.54. The van der Waals surface area contributed by atoms with E-state index in [0.717, 1.165) is 25.4 Å². The van der Waals surface area contributed by atoms with Crippen molar-refractivity contribution < 1.29 is 4.79 Å². The summed E-state index contributed by atoms with van der Waals surface area (Å²) in [6, 6.07) is 21.7. The van der Waals surface area contributed by atoms with E-state index in [4.69, 9.17) is 4.98 Å². The smallest absolute Gasteiger partial charge is 0.260 e. The Morgan fingerprint density at radius 1 is 1.04 bits per heavy atom. The lowest BCUT2D eigenvalue weighted by atomic mass is 10.1. The predicted molar refractivity (Wildman–Crippen MR) is 120 cm³/mol. The Balaban J connectivity index is 1.80. The molecule has 0 unspecified atom stereocenters. The first-order chi connectivity index (χ1) is 13.5. The van der Waals surface area contributed by atoms with Gasteiger partial charge in [-0.1, -0.05) is 69.7 Å². The molecule has 140 valence electrons. The maximum atomic E-state index is 13.4. The zero-order valence-electron chi connectivity index (χ0n) is 15.6. The molecule has 0 bridgehead atoms. The van der Waals surface area contributed by atoms with E-state index in [2.05, 4.69) is 41.9 Å². The second kappa shape index (κ2) is 7.86. The van der Waals surface area contributed by atoms with Crippen LogP contribution in [0.25, 0.3) is 10.2 Å². The van der Waals surface area contributed by atoms with Gasteiger partial charge in [0.1, 0.15) is 0 Å². The molecule has 1 heterocycles. The summed E-state index contributed by atoms with van der Waals surface area (Å²) in [4.78, 5) is 20.0. The van der Waals surface area contributed by atoms with Gasteiger partial charge < -0.3 is 0 Å². The van der Waals surface area contributed by atoms with E-state index < -0.39 is 0 Å². The highest BCUT2D eigenvalue weighted by Crippen LogP contribution is 2.33. The number of thiazole rings is 1. The van der Waals surface area contributed by atoms with Crippen LogP contribution in [0.4, 0.5) is 5.13 Å². The van der Waals surface area contributed by atoms with Crippen molar-refractivity contribution in [1.82, 2.24) is 4.98 Å². The molecular formula is C23H19BrN2OS. The number of nitrogens with zero attached hydrogens (tertiary/aromatic N) is 2. The van der Waals surface area contributed by atoms with Crippen molar-refractivity contribution in [2.45, 2.75) is 20.4 Å². The van der Waals surface area contributed by atoms with Crippen molar-refractivity contribution in [2.24, 2.45) is 0 Å². The van der Waals surface area contributed by atoms with Crippen LogP contribution in [0.15, 0.2) is 71.2 Å². The maximum absolute atomic E-state index is 13.4. The van der Waals surface area contributed by atoms with Crippen molar-refractivity contribution >= 4 is 48.5 Å². The molecule has 0 N–H and O–H groups in total. The molecule has 0 radical (unpaired) electrons. The standard InChI is InChI=1S/C23H19BrN2OS/c1-15-11-16(2)21-20(12-15)25-23(28-21)26(14-17-7-4-3-5-8-17)22(27)18-9-6-10-19(24)13-18/h3-13H,14H2,1-2H3. The quantitative estimate of drug-likeness (QED) is 0.354. The maximum Gasteiger partial charge on any atom is 0.260 e. The molecule has 0 aliphatic rings. The number of anilines is 1. The van der Waals surface area contributed by atoms with Crippen LogP contribution in [0, 0.1) is 13.8 Å². The van der Waals surface area contributed by atoms with Gasteiger partial charge in [0, 0.05) is 10.0 Å². The number of rotatable bonds is 4.